The first-order chi connectivity index (χ1) is 11.3. The first-order valence-corrected chi connectivity index (χ1v) is 8.33. The number of halogens is 1. The van der Waals surface area contributed by atoms with Gasteiger partial charge in [-0.2, -0.15) is 5.26 Å². The third kappa shape index (κ3) is 5.39. The van der Waals surface area contributed by atoms with Crippen LogP contribution in [0.1, 0.15) is 31.9 Å². The summed E-state index contributed by atoms with van der Waals surface area (Å²) in [4.78, 5) is 11.7. The molecule has 0 saturated heterocycles. The van der Waals surface area contributed by atoms with Gasteiger partial charge in [-0.25, -0.2) is 4.79 Å². The molecule has 124 valence electrons. The van der Waals surface area contributed by atoms with Gasteiger partial charge in [-0.1, -0.05) is 40.2 Å². The maximum Gasteiger partial charge on any atom is 0.407 e. The molecular formula is C19H19BrN2O2. The number of nitrogens with one attached hydrogen (secondary N) is 1. The Kier molecular flexibility index (Phi) is 5.63. The highest BCUT2D eigenvalue weighted by molar-refractivity contribution is 9.10. The summed E-state index contributed by atoms with van der Waals surface area (Å²) >= 11 is 3.42. The van der Waals surface area contributed by atoms with Crippen LogP contribution in [0.5, 0.6) is 0 Å². The van der Waals surface area contributed by atoms with Gasteiger partial charge in [0.25, 0.3) is 0 Å². The van der Waals surface area contributed by atoms with Crippen LogP contribution in [0.15, 0.2) is 46.9 Å². The van der Waals surface area contributed by atoms with E-state index in [1.165, 1.54) is 0 Å². The molecule has 24 heavy (non-hydrogen) atoms. The van der Waals surface area contributed by atoms with Crippen molar-refractivity contribution in [2.75, 3.05) is 0 Å². The van der Waals surface area contributed by atoms with Crippen LogP contribution in [0.4, 0.5) is 4.79 Å². The minimum absolute atomic E-state index is 0.400. The van der Waals surface area contributed by atoms with E-state index in [0.717, 1.165) is 21.2 Å². The van der Waals surface area contributed by atoms with E-state index in [2.05, 4.69) is 27.3 Å². The number of benzene rings is 2. The van der Waals surface area contributed by atoms with Crippen molar-refractivity contribution in [1.29, 1.82) is 5.26 Å². The third-order valence-corrected chi connectivity index (χ3v) is 3.61. The second-order valence-electron chi connectivity index (χ2n) is 6.39. The van der Waals surface area contributed by atoms with E-state index in [9.17, 15) is 4.79 Å². The van der Waals surface area contributed by atoms with E-state index in [0.29, 0.717) is 12.1 Å². The molecule has 4 nitrogen and oxygen atoms in total. The van der Waals surface area contributed by atoms with Gasteiger partial charge in [0.1, 0.15) is 5.60 Å². The lowest BCUT2D eigenvalue weighted by atomic mass is 10.0. The topological polar surface area (TPSA) is 62.1 Å². The average Bonchev–Trinajstić information content (AvgIpc) is 2.51. The zero-order valence-corrected chi connectivity index (χ0v) is 15.5. The summed E-state index contributed by atoms with van der Waals surface area (Å²) in [6.45, 7) is 5.88. The molecule has 0 bridgehead atoms. The molecule has 0 spiro atoms. The zero-order chi connectivity index (χ0) is 17.7. The number of amides is 1. The molecule has 0 aliphatic rings. The fraction of sp³-hybridized carbons (Fsp3) is 0.263. The number of hydrogen-bond donors (Lipinski definition) is 1. The van der Waals surface area contributed by atoms with E-state index < -0.39 is 11.7 Å². The van der Waals surface area contributed by atoms with Crippen LogP contribution in [0.25, 0.3) is 11.1 Å². The van der Waals surface area contributed by atoms with Gasteiger partial charge in [0.15, 0.2) is 0 Å². The minimum Gasteiger partial charge on any atom is -0.444 e. The van der Waals surface area contributed by atoms with E-state index in [1.807, 2.05) is 57.2 Å². The summed E-state index contributed by atoms with van der Waals surface area (Å²) < 4.78 is 6.07. The maximum absolute atomic E-state index is 11.7. The second kappa shape index (κ2) is 7.50. The van der Waals surface area contributed by atoms with Gasteiger partial charge in [-0.3, -0.25) is 0 Å². The zero-order valence-electron chi connectivity index (χ0n) is 13.9. The largest absolute Gasteiger partial charge is 0.444 e. The van der Waals surface area contributed by atoms with Gasteiger partial charge < -0.3 is 10.1 Å². The van der Waals surface area contributed by atoms with Gasteiger partial charge in [0.2, 0.25) is 0 Å². The monoisotopic (exact) mass is 386 g/mol. The van der Waals surface area contributed by atoms with Crippen molar-refractivity contribution in [2.45, 2.75) is 32.9 Å². The van der Waals surface area contributed by atoms with Crippen molar-refractivity contribution in [3.8, 4) is 17.2 Å². The average molecular weight is 387 g/mol. The Morgan fingerprint density at radius 2 is 1.83 bits per heavy atom. The predicted octanol–water partition coefficient (Wildman–Crippen LogP) is 5.01. The van der Waals surface area contributed by atoms with Crippen LogP contribution >= 0.6 is 15.9 Å². The molecule has 0 aliphatic heterocycles. The fourth-order valence-corrected chi connectivity index (χ4v) is 2.62. The second-order valence-corrected chi connectivity index (χ2v) is 7.31. The van der Waals surface area contributed by atoms with E-state index >= 15 is 0 Å². The highest BCUT2D eigenvalue weighted by atomic mass is 79.9. The maximum atomic E-state index is 11.7. The Labute approximate surface area is 150 Å². The Bertz CT molecular complexity index is 771. The number of carbonyl (C=O) groups is 1. The molecule has 0 aromatic heterocycles. The number of carbonyl (C=O) groups excluding carboxylic acids is 1. The van der Waals surface area contributed by atoms with E-state index in [-0.39, 0.29) is 0 Å². The molecule has 0 unspecified atom stereocenters. The van der Waals surface area contributed by atoms with Crippen molar-refractivity contribution >= 4 is 22.0 Å². The molecule has 0 radical (unpaired) electrons. The molecule has 0 saturated carbocycles. The SMILES string of the molecule is CC(C)(C)OC(=O)NCc1ccc(-c2cc(Br)cc(C#N)c2)cc1. The molecule has 2 aromatic carbocycles. The quantitative estimate of drug-likeness (QED) is 0.805. The fourth-order valence-electron chi connectivity index (χ4n) is 2.12. The summed E-state index contributed by atoms with van der Waals surface area (Å²) in [6.07, 6.45) is -0.433. The number of hydrogen-bond acceptors (Lipinski definition) is 3. The van der Waals surface area contributed by atoms with Crippen molar-refractivity contribution in [2.24, 2.45) is 0 Å². The smallest absolute Gasteiger partial charge is 0.407 e. The summed E-state index contributed by atoms with van der Waals surface area (Å²) in [5.74, 6) is 0. The number of ether oxygens (including phenoxy) is 1. The highest BCUT2D eigenvalue weighted by Gasteiger charge is 2.15. The van der Waals surface area contributed by atoms with Crippen LogP contribution < -0.4 is 5.32 Å². The third-order valence-electron chi connectivity index (χ3n) is 3.15. The van der Waals surface area contributed by atoms with Crippen LogP contribution in [0.2, 0.25) is 0 Å². The van der Waals surface area contributed by atoms with E-state index in [1.54, 1.807) is 6.07 Å². The molecule has 0 fully saturated rings. The summed E-state index contributed by atoms with van der Waals surface area (Å²) in [5, 5.41) is 11.8. The molecule has 2 rings (SSSR count). The molecule has 2 aromatic rings. The Morgan fingerprint density at radius 1 is 1.17 bits per heavy atom. The van der Waals surface area contributed by atoms with Gasteiger partial charge in [-0.15, -0.1) is 0 Å². The lowest BCUT2D eigenvalue weighted by molar-refractivity contribution is 0.0523. The lowest BCUT2D eigenvalue weighted by Crippen LogP contribution is -2.32. The Balaban J connectivity index is 2.05. The van der Waals surface area contributed by atoms with Crippen LogP contribution in [-0.4, -0.2) is 11.7 Å². The number of alkyl carbamates (subject to hydrolysis) is 1. The Morgan fingerprint density at radius 3 is 2.42 bits per heavy atom. The molecule has 1 N–H and O–H groups in total. The summed E-state index contributed by atoms with van der Waals surface area (Å²) in [6, 6.07) is 15.6. The molecule has 1 amide bonds. The Hall–Kier alpha value is -2.32. The van der Waals surface area contributed by atoms with Crippen molar-refractivity contribution < 1.29 is 9.53 Å². The van der Waals surface area contributed by atoms with Gasteiger partial charge in [0.05, 0.1) is 11.6 Å². The number of nitriles is 1. The van der Waals surface area contributed by atoms with Crippen molar-refractivity contribution in [1.82, 2.24) is 5.32 Å². The predicted molar refractivity (Wildman–Crippen MR) is 97.4 cm³/mol. The molecule has 0 heterocycles. The van der Waals surface area contributed by atoms with Crippen molar-refractivity contribution in [3.63, 3.8) is 0 Å². The van der Waals surface area contributed by atoms with Gasteiger partial charge in [-0.05, 0) is 55.7 Å². The molecule has 5 heteroatoms. The number of rotatable bonds is 3. The molecule has 0 aliphatic carbocycles. The first-order valence-electron chi connectivity index (χ1n) is 7.54. The summed E-state index contributed by atoms with van der Waals surface area (Å²) in [7, 11) is 0. The summed E-state index contributed by atoms with van der Waals surface area (Å²) in [5.41, 5.74) is 3.05. The van der Waals surface area contributed by atoms with Crippen LogP contribution in [0.3, 0.4) is 0 Å². The first kappa shape index (κ1) is 18.0. The van der Waals surface area contributed by atoms with E-state index in [4.69, 9.17) is 10.00 Å². The number of nitrogens with zero attached hydrogens (tertiary/aromatic N) is 1. The minimum atomic E-state index is -0.507. The van der Waals surface area contributed by atoms with Gasteiger partial charge >= 0.3 is 6.09 Å². The molecular weight excluding hydrogens is 368 g/mol. The standard InChI is InChI=1S/C19H19BrN2O2/c1-19(2,3)24-18(23)22-12-13-4-6-15(7-5-13)16-8-14(11-21)9-17(20)10-16/h4-10H,12H2,1-3H3,(H,22,23). The normalized spacial score (nSPS) is 10.8. The van der Waals surface area contributed by atoms with Crippen LogP contribution in [0, 0.1) is 11.3 Å². The molecule has 0 atom stereocenters. The lowest BCUT2D eigenvalue weighted by Gasteiger charge is -2.19. The van der Waals surface area contributed by atoms with Crippen LogP contribution in [-0.2, 0) is 11.3 Å². The van der Waals surface area contributed by atoms with Gasteiger partial charge in [0, 0.05) is 11.0 Å². The highest BCUT2D eigenvalue weighted by Crippen LogP contribution is 2.25. The van der Waals surface area contributed by atoms with Crippen molar-refractivity contribution in [3.05, 3.63) is 58.1 Å².